The molecule has 0 unspecified atom stereocenters. The molecular weight excluding hydrogens is 325 g/mol. The number of hydrogen-bond acceptors (Lipinski definition) is 5. The van der Waals surface area contributed by atoms with Crippen LogP contribution in [0.5, 0.6) is 0 Å². The first kappa shape index (κ1) is 17.5. The van der Waals surface area contributed by atoms with Crippen LogP contribution < -0.4 is 10.6 Å². The van der Waals surface area contributed by atoms with Gasteiger partial charge in [-0.3, -0.25) is 4.79 Å². The van der Waals surface area contributed by atoms with E-state index in [9.17, 15) is 9.18 Å². The Morgan fingerprint density at radius 2 is 2.24 bits per heavy atom. The minimum atomic E-state index is -0.318. The lowest BCUT2D eigenvalue weighted by Gasteiger charge is -2.22. The van der Waals surface area contributed by atoms with E-state index in [1.54, 1.807) is 23.0 Å². The van der Waals surface area contributed by atoms with E-state index in [4.69, 9.17) is 4.74 Å². The van der Waals surface area contributed by atoms with Crippen molar-refractivity contribution in [2.75, 3.05) is 20.2 Å². The van der Waals surface area contributed by atoms with Gasteiger partial charge in [-0.25, -0.2) is 9.07 Å². The molecule has 0 spiro atoms. The van der Waals surface area contributed by atoms with Crippen molar-refractivity contribution in [3.63, 3.8) is 0 Å². The molecule has 3 rings (SSSR count). The molecule has 0 radical (unpaired) electrons. The summed E-state index contributed by atoms with van der Waals surface area (Å²) in [6.07, 6.45) is 3.64. The smallest absolute Gasteiger partial charge is 0.273 e. The number of nitrogens with zero attached hydrogens (tertiary/aromatic N) is 3. The number of halogens is 1. The minimum Gasteiger partial charge on any atom is -0.380 e. The van der Waals surface area contributed by atoms with Crippen molar-refractivity contribution in [2.24, 2.45) is 0 Å². The molecular formula is C17H22FN5O2. The van der Waals surface area contributed by atoms with Crippen molar-refractivity contribution in [3.05, 3.63) is 47.0 Å². The van der Waals surface area contributed by atoms with Gasteiger partial charge in [-0.15, -0.1) is 5.10 Å². The second-order valence-corrected chi connectivity index (χ2v) is 6.11. The highest BCUT2D eigenvalue weighted by atomic mass is 19.1. The van der Waals surface area contributed by atoms with E-state index in [1.165, 1.54) is 13.2 Å². The summed E-state index contributed by atoms with van der Waals surface area (Å²) in [5, 5.41) is 14.1. The molecule has 1 aromatic heterocycles. The first-order valence-electron chi connectivity index (χ1n) is 8.34. The maximum absolute atomic E-state index is 13.6. The van der Waals surface area contributed by atoms with E-state index < -0.39 is 0 Å². The number of amides is 1. The number of methoxy groups -OCH3 is 1. The Morgan fingerprint density at radius 3 is 3.00 bits per heavy atom. The number of rotatable bonds is 6. The molecule has 7 nitrogen and oxygen atoms in total. The Labute approximate surface area is 145 Å². The zero-order valence-corrected chi connectivity index (χ0v) is 14.2. The standard InChI is InChI=1S/C17H22FN5O2/c1-25-11-13-8-12(2-3-15(13)18)9-20-17(24)16-10-23(22-21-16)14-4-6-19-7-5-14/h2-3,8,10,14,19H,4-7,9,11H2,1H3,(H,20,24). The van der Waals surface area contributed by atoms with Crippen molar-refractivity contribution in [3.8, 4) is 0 Å². The third-order valence-corrected chi connectivity index (χ3v) is 4.29. The van der Waals surface area contributed by atoms with Crippen LogP contribution in [0.1, 0.15) is 40.5 Å². The fourth-order valence-corrected chi connectivity index (χ4v) is 2.91. The Kier molecular flexibility index (Phi) is 5.72. The summed E-state index contributed by atoms with van der Waals surface area (Å²) in [5.74, 6) is -0.611. The van der Waals surface area contributed by atoms with Gasteiger partial charge in [0.05, 0.1) is 18.8 Å². The molecule has 2 heterocycles. The molecule has 8 heteroatoms. The van der Waals surface area contributed by atoms with Gasteiger partial charge >= 0.3 is 0 Å². The number of benzene rings is 1. The predicted molar refractivity (Wildman–Crippen MR) is 89.4 cm³/mol. The highest BCUT2D eigenvalue weighted by molar-refractivity contribution is 5.91. The number of ether oxygens (including phenoxy) is 1. The largest absolute Gasteiger partial charge is 0.380 e. The molecule has 0 bridgehead atoms. The van der Waals surface area contributed by atoms with Crippen molar-refractivity contribution in [2.45, 2.75) is 32.0 Å². The molecule has 1 saturated heterocycles. The number of carbonyl (C=O) groups excluding carboxylic acids is 1. The Bertz CT molecular complexity index is 728. The maximum Gasteiger partial charge on any atom is 0.273 e. The molecule has 1 aliphatic heterocycles. The van der Waals surface area contributed by atoms with E-state index in [2.05, 4.69) is 20.9 Å². The predicted octanol–water partition coefficient (Wildman–Crippen LogP) is 1.42. The normalized spacial score (nSPS) is 15.3. The second kappa shape index (κ2) is 8.17. The maximum atomic E-state index is 13.6. The lowest BCUT2D eigenvalue weighted by molar-refractivity contribution is 0.0945. The van der Waals surface area contributed by atoms with Gasteiger partial charge in [-0.2, -0.15) is 0 Å². The fourth-order valence-electron chi connectivity index (χ4n) is 2.91. The average Bonchev–Trinajstić information content (AvgIpc) is 3.13. The number of hydrogen-bond donors (Lipinski definition) is 2. The molecule has 134 valence electrons. The van der Waals surface area contributed by atoms with Crippen LogP contribution in [-0.2, 0) is 17.9 Å². The lowest BCUT2D eigenvalue weighted by atomic mass is 10.1. The third-order valence-electron chi connectivity index (χ3n) is 4.29. The van der Waals surface area contributed by atoms with Crippen molar-refractivity contribution in [1.29, 1.82) is 0 Å². The summed E-state index contributed by atoms with van der Waals surface area (Å²) in [6.45, 7) is 2.37. The summed E-state index contributed by atoms with van der Waals surface area (Å²) in [6, 6.07) is 4.98. The van der Waals surface area contributed by atoms with E-state index >= 15 is 0 Å². The van der Waals surface area contributed by atoms with Crippen LogP contribution in [0.25, 0.3) is 0 Å². The summed E-state index contributed by atoms with van der Waals surface area (Å²) in [7, 11) is 1.51. The zero-order valence-electron chi connectivity index (χ0n) is 14.2. The summed E-state index contributed by atoms with van der Waals surface area (Å²) in [4.78, 5) is 12.3. The molecule has 1 fully saturated rings. The van der Waals surface area contributed by atoms with E-state index in [-0.39, 0.29) is 36.6 Å². The average molecular weight is 347 g/mol. The van der Waals surface area contributed by atoms with Gasteiger partial charge in [0.1, 0.15) is 5.82 Å². The molecule has 1 aromatic carbocycles. The van der Waals surface area contributed by atoms with Crippen molar-refractivity contribution < 1.29 is 13.9 Å². The molecule has 0 saturated carbocycles. The summed E-state index contributed by atoms with van der Waals surface area (Å²) in [5.41, 5.74) is 1.55. The van der Waals surface area contributed by atoms with Crippen LogP contribution in [-0.4, -0.2) is 41.1 Å². The van der Waals surface area contributed by atoms with Crippen LogP contribution in [0.4, 0.5) is 4.39 Å². The summed E-state index contributed by atoms with van der Waals surface area (Å²) < 4.78 is 20.3. The molecule has 1 aliphatic rings. The number of piperidine rings is 1. The Morgan fingerprint density at radius 1 is 1.44 bits per heavy atom. The van der Waals surface area contributed by atoms with Gasteiger partial charge in [0.15, 0.2) is 5.69 Å². The van der Waals surface area contributed by atoms with Crippen LogP contribution in [0.2, 0.25) is 0 Å². The monoisotopic (exact) mass is 347 g/mol. The van der Waals surface area contributed by atoms with Crippen LogP contribution >= 0.6 is 0 Å². The third kappa shape index (κ3) is 4.40. The van der Waals surface area contributed by atoms with Gasteiger partial charge in [-0.05, 0) is 43.6 Å². The lowest BCUT2D eigenvalue weighted by Crippen LogP contribution is -2.29. The highest BCUT2D eigenvalue weighted by Crippen LogP contribution is 2.17. The topological polar surface area (TPSA) is 81.1 Å². The van der Waals surface area contributed by atoms with E-state index in [0.717, 1.165) is 31.5 Å². The Balaban J connectivity index is 1.59. The molecule has 1 amide bonds. The van der Waals surface area contributed by atoms with E-state index in [0.29, 0.717) is 5.56 Å². The molecule has 2 N–H and O–H groups in total. The van der Waals surface area contributed by atoms with Gasteiger partial charge < -0.3 is 15.4 Å². The number of carbonyl (C=O) groups is 1. The second-order valence-electron chi connectivity index (χ2n) is 6.11. The van der Waals surface area contributed by atoms with Crippen LogP contribution in [0.3, 0.4) is 0 Å². The van der Waals surface area contributed by atoms with E-state index in [1.807, 2.05) is 0 Å². The number of nitrogens with one attached hydrogen (secondary N) is 2. The minimum absolute atomic E-state index is 0.193. The molecule has 25 heavy (non-hydrogen) atoms. The van der Waals surface area contributed by atoms with Gasteiger partial charge in [0, 0.05) is 19.2 Å². The van der Waals surface area contributed by atoms with Crippen molar-refractivity contribution in [1.82, 2.24) is 25.6 Å². The first-order chi connectivity index (χ1) is 12.2. The summed E-state index contributed by atoms with van der Waals surface area (Å²) >= 11 is 0. The fraction of sp³-hybridized carbons (Fsp3) is 0.471. The van der Waals surface area contributed by atoms with Crippen LogP contribution in [0, 0.1) is 5.82 Å². The highest BCUT2D eigenvalue weighted by Gasteiger charge is 2.18. The molecule has 0 aliphatic carbocycles. The number of aromatic nitrogens is 3. The Hall–Kier alpha value is -2.32. The quantitative estimate of drug-likeness (QED) is 0.826. The van der Waals surface area contributed by atoms with Gasteiger partial charge in [0.2, 0.25) is 0 Å². The molecule has 2 aromatic rings. The van der Waals surface area contributed by atoms with Gasteiger partial charge in [0.25, 0.3) is 5.91 Å². The van der Waals surface area contributed by atoms with Crippen LogP contribution in [0.15, 0.2) is 24.4 Å². The molecule has 0 atom stereocenters. The first-order valence-corrected chi connectivity index (χ1v) is 8.34. The van der Waals surface area contributed by atoms with Gasteiger partial charge in [-0.1, -0.05) is 11.3 Å². The SMILES string of the molecule is COCc1cc(CNC(=O)c2cn(C3CCNCC3)nn2)ccc1F. The van der Waals surface area contributed by atoms with Crippen molar-refractivity contribution >= 4 is 5.91 Å². The zero-order chi connectivity index (χ0) is 17.6.